The summed E-state index contributed by atoms with van der Waals surface area (Å²) in [7, 11) is 0. The quantitative estimate of drug-likeness (QED) is 0.428. The Morgan fingerprint density at radius 1 is 0.933 bits per heavy atom. The number of para-hydroxylation sites is 2. The van der Waals surface area contributed by atoms with Crippen LogP contribution in [-0.4, -0.2) is 22.0 Å². The number of carbonyl (C=O) groups excluding carboxylic acids is 1. The molecule has 0 saturated carbocycles. The molecule has 0 bridgehead atoms. The van der Waals surface area contributed by atoms with Crippen molar-refractivity contribution in [3.8, 4) is 0 Å². The number of nitrogens with zero attached hydrogens (tertiary/aromatic N) is 2. The van der Waals surface area contributed by atoms with E-state index in [0.29, 0.717) is 13.0 Å². The second-order valence-corrected chi connectivity index (χ2v) is 7.59. The van der Waals surface area contributed by atoms with E-state index in [1.54, 1.807) is 0 Å². The number of benzene rings is 3. The number of fused-ring (bicyclic) bond motifs is 1. The highest BCUT2D eigenvalue weighted by atomic mass is 16.1. The van der Waals surface area contributed by atoms with Crippen LogP contribution in [0.4, 0.5) is 0 Å². The maximum Gasteiger partial charge on any atom is 0.224 e. The molecule has 1 N–H and O–H groups in total. The lowest BCUT2D eigenvalue weighted by atomic mass is 10.1. The first kappa shape index (κ1) is 19.9. The Labute approximate surface area is 177 Å². The maximum absolute atomic E-state index is 12.2. The van der Waals surface area contributed by atoms with Crippen LogP contribution in [0.5, 0.6) is 0 Å². The molecule has 0 spiro atoms. The van der Waals surface area contributed by atoms with Gasteiger partial charge >= 0.3 is 0 Å². The molecule has 4 aromatic rings. The molecule has 4 heteroatoms. The molecule has 4 rings (SSSR count). The molecule has 152 valence electrons. The normalized spacial score (nSPS) is 12.0. The number of hydrogen-bond acceptors (Lipinski definition) is 2. The van der Waals surface area contributed by atoms with Crippen LogP contribution >= 0.6 is 0 Å². The van der Waals surface area contributed by atoms with Gasteiger partial charge in [-0.15, -0.1) is 0 Å². The predicted molar refractivity (Wildman–Crippen MR) is 121 cm³/mol. The van der Waals surface area contributed by atoms with Gasteiger partial charge in [0.15, 0.2) is 0 Å². The van der Waals surface area contributed by atoms with Crippen molar-refractivity contribution in [3.05, 3.63) is 102 Å². The third-order valence-corrected chi connectivity index (χ3v) is 5.44. The molecule has 0 saturated heterocycles. The van der Waals surface area contributed by atoms with Gasteiger partial charge in [0.2, 0.25) is 5.91 Å². The fourth-order valence-electron chi connectivity index (χ4n) is 3.90. The summed E-state index contributed by atoms with van der Waals surface area (Å²) in [6, 6.07) is 28.8. The highest BCUT2D eigenvalue weighted by molar-refractivity contribution is 5.78. The topological polar surface area (TPSA) is 46.9 Å². The van der Waals surface area contributed by atoms with Crippen LogP contribution in [0.3, 0.4) is 0 Å². The summed E-state index contributed by atoms with van der Waals surface area (Å²) >= 11 is 0. The summed E-state index contributed by atoms with van der Waals surface area (Å²) < 4.78 is 2.33. The van der Waals surface area contributed by atoms with Gasteiger partial charge in [-0.3, -0.25) is 4.79 Å². The molecule has 0 aliphatic carbocycles. The lowest BCUT2D eigenvalue weighted by Gasteiger charge is -2.18. The highest BCUT2D eigenvalue weighted by Crippen LogP contribution is 2.26. The molecule has 0 fully saturated rings. The van der Waals surface area contributed by atoms with E-state index in [1.165, 1.54) is 5.56 Å². The van der Waals surface area contributed by atoms with Crippen molar-refractivity contribution in [1.82, 2.24) is 14.9 Å². The highest BCUT2D eigenvalue weighted by Gasteiger charge is 2.16. The number of hydrogen-bond donors (Lipinski definition) is 1. The van der Waals surface area contributed by atoms with Gasteiger partial charge in [-0.05, 0) is 36.6 Å². The standard InChI is InChI=1S/C26H27N3O/c1-20(22-13-6-3-7-14-22)29-24-16-9-8-15-23(24)28-25(29)17-10-18-27-26(30)19-21-11-4-2-5-12-21/h2-9,11-16,20H,10,17-19H2,1H3,(H,27,30). The van der Waals surface area contributed by atoms with Crippen LogP contribution in [0.25, 0.3) is 11.0 Å². The summed E-state index contributed by atoms with van der Waals surface area (Å²) in [5.74, 6) is 1.12. The third-order valence-electron chi connectivity index (χ3n) is 5.44. The zero-order valence-corrected chi connectivity index (χ0v) is 17.3. The Bertz CT molecular complexity index is 1100. The van der Waals surface area contributed by atoms with Gasteiger partial charge in [0.1, 0.15) is 5.82 Å². The van der Waals surface area contributed by atoms with Crippen LogP contribution in [0.1, 0.15) is 36.3 Å². The zero-order valence-electron chi connectivity index (χ0n) is 17.3. The van der Waals surface area contributed by atoms with Gasteiger partial charge in [-0.25, -0.2) is 4.98 Å². The van der Waals surface area contributed by atoms with Gasteiger partial charge in [-0.2, -0.15) is 0 Å². The summed E-state index contributed by atoms with van der Waals surface area (Å²) in [5, 5.41) is 3.04. The minimum Gasteiger partial charge on any atom is -0.356 e. The number of carbonyl (C=O) groups is 1. The van der Waals surface area contributed by atoms with Crippen molar-refractivity contribution in [2.24, 2.45) is 0 Å². The molecule has 0 aliphatic heterocycles. The molecular weight excluding hydrogens is 370 g/mol. The molecule has 1 heterocycles. The van der Waals surface area contributed by atoms with Crippen LogP contribution in [0.15, 0.2) is 84.9 Å². The Morgan fingerprint density at radius 2 is 1.60 bits per heavy atom. The van der Waals surface area contributed by atoms with Gasteiger partial charge in [0, 0.05) is 13.0 Å². The van der Waals surface area contributed by atoms with E-state index in [4.69, 9.17) is 4.98 Å². The Hall–Kier alpha value is -3.40. The summed E-state index contributed by atoms with van der Waals surface area (Å²) in [4.78, 5) is 17.1. The van der Waals surface area contributed by atoms with E-state index in [0.717, 1.165) is 35.3 Å². The maximum atomic E-state index is 12.2. The molecule has 30 heavy (non-hydrogen) atoms. The molecule has 4 nitrogen and oxygen atoms in total. The molecule has 1 aromatic heterocycles. The number of rotatable bonds is 8. The molecule has 1 atom stereocenters. The van der Waals surface area contributed by atoms with Crippen LogP contribution in [0.2, 0.25) is 0 Å². The second-order valence-electron chi connectivity index (χ2n) is 7.59. The largest absolute Gasteiger partial charge is 0.356 e. The van der Waals surface area contributed by atoms with E-state index >= 15 is 0 Å². The summed E-state index contributed by atoms with van der Waals surface area (Å²) in [5.41, 5.74) is 4.46. The second kappa shape index (κ2) is 9.40. The first-order valence-corrected chi connectivity index (χ1v) is 10.5. The van der Waals surface area contributed by atoms with Crippen LogP contribution in [0, 0.1) is 0 Å². The van der Waals surface area contributed by atoms with Crippen molar-refractivity contribution in [1.29, 1.82) is 0 Å². The number of imidazole rings is 1. The summed E-state index contributed by atoms with van der Waals surface area (Å²) in [6.45, 7) is 2.86. The van der Waals surface area contributed by atoms with Gasteiger partial charge in [-0.1, -0.05) is 72.8 Å². The Morgan fingerprint density at radius 3 is 2.37 bits per heavy atom. The molecule has 1 unspecified atom stereocenters. The van der Waals surface area contributed by atoms with Gasteiger partial charge in [0.25, 0.3) is 0 Å². The molecular formula is C26H27N3O. The van der Waals surface area contributed by atoms with Crippen molar-refractivity contribution in [2.45, 2.75) is 32.2 Å². The van der Waals surface area contributed by atoms with E-state index in [9.17, 15) is 4.79 Å². The average Bonchev–Trinajstić information content (AvgIpc) is 3.16. The molecule has 0 aliphatic rings. The minimum absolute atomic E-state index is 0.0624. The van der Waals surface area contributed by atoms with E-state index in [1.807, 2.05) is 42.5 Å². The lowest BCUT2D eigenvalue weighted by molar-refractivity contribution is -0.120. The molecule has 3 aromatic carbocycles. The smallest absolute Gasteiger partial charge is 0.224 e. The first-order chi connectivity index (χ1) is 14.7. The number of nitrogens with one attached hydrogen (secondary N) is 1. The Balaban J connectivity index is 1.43. The molecule has 0 radical (unpaired) electrons. The summed E-state index contributed by atoms with van der Waals surface area (Å²) in [6.07, 6.45) is 2.09. The first-order valence-electron chi connectivity index (χ1n) is 10.5. The monoisotopic (exact) mass is 397 g/mol. The van der Waals surface area contributed by atoms with E-state index in [2.05, 4.69) is 59.3 Å². The minimum atomic E-state index is 0.0624. The number of aromatic nitrogens is 2. The fraction of sp³-hybridized carbons (Fsp3) is 0.231. The zero-order chi connectivity index (χ0) is 20.8. The van der Waals surface area contributed by atoms with Gasteiger partial charge < -0.3 is 9.88 Å². The van der Waals surface area contributed by atoms with Crippen LogP contribution < -0.4 is 5.32 Å². The number of amides is 1. The van der Waals surface area contributed by atoms with Crippen LogP contribution in [-0.2, 0) is 17.6 Å². The van der Waals surface area contributed by atoms with Crippen molar-refractivity contribution < 1.29 is 4.79 Å². The van der Waals surface area contributed by atoms with Gasteiger partial charge in [0.05, 0.1) is 23.5 Å². The predicted octanol–water partition coefficient (Wildman–Crippen LogP) is 4.94. The van der Waals surface area contributed by atoms with E-state index < -0.39 is 0 Å². The van der Waals surface area contributed by atoms with Crippen molar-refractivity contribution in [2.75, 3.05) is 6.54 Å². The lowest BCUT2D eigenvalue weighted by Crippen LogP contribution is -2.26. The Kier molecular flexibility index (Phi) is 6.23. The van der Waals surface area contributed by atoms with E-state index in [-0.39, 0.29) is 11.9 Å². The third kappa shape index (κ3) is 4.60. The average molecular weight is 398 g/mol. The van der Waals surface area contributed by atoms with Crippen molar-refractivity contribution >= 4 is 16.9 Å². The SMILES string of the molecule is CC(c1ccccc1)n1c(CCCNC(=O)Cc2ccccc2)nc2ccccc21. The number of aryl methyl sites for hydroxylation is 1. The fourth-order valence-corrected chi connectivity index (χ4v) is 3.90. The molecule has 1 amide bonds. The van der Waals surface area contributed by atoms with Crippen molar-refractivity contribution in [3.63, 3.8) is 0 Å².